The molecule has 1 heterocycles. The number of benzene rings is 2. The van der Waals surface area contributed by atoms with Crippen LogP contribution in [0.5, 0.6) is 0 Å². The molecule has 0 spiro atoms. The van der Waals surface area contributed by atoms with Crippen molar-refractivity contribution in [3.8, 4) is 0 Å². The topological polar surface area (TPSA) is 53.9 Å². The first kappa shape index (κ1) is 18.1. The lowest BCUT2D eigenvalue weighted by molar-refractivity contribution is -0.901. The Morgan fingerprint density at radius 2 is 1.85 bits per heavy atom. The number of halogens is 1. The number of carbonyl (C=O) groups excluding carboxylic acids is 2. The zero-order chi connectivity index (χ0) is 18.7. The van der Waals surface area contributed by atoms with Crippen LogP contribution >= 0.6 is 0 Å². The van der Waals surface area contributed by atoms with Crippen molar-refractivity contribution < 1.29 is 18.9 Å². The first-order chi connectivity index (χ1) is 12.5. The molecule has 2 aromatic carbocycles. The molecular formula is C20H23FN3O2+. The van der Waals surface area contributed by atoms with E-state index < -0.39 is 5.54 Å². The Morgan fingerprint density at radius 1 is 1.12 bits per heavy atom. The van der Waals surface area contributed by atoms with E-state index in [9.17, 15) is 14.0 Å². The van der Waals surface area contributed by atoms with E-state index in [1.807, 2.05) is 50.4 Å². The number of nitrogens with zero attached hydrogens (tertiary/aromatic N) is 1. The van der Waals surface area contributed by atoms with E-state index in [1.54, 1.807) is 6.07 Å². The minimum absolute atomic E-state index is 0.218. The molecule has 1 saturated heterocycles. The Kier molecular flexibility index (Phi) is 5.04. The third-order valence-corrected chi connectivity index (χ3v) is 4.80. The minimum Gasteiger partial charge on any atom is -0.319 e. The lowest BCUT2D eigenvalue weighted by Gasteiger charge is -2.26. The van der Waals surface area contributed by atoms with Crippen molar-refractivity contribution in [3.05, 3.63) is 71.5 Å². The maximum atomic E-state index is 13.3. The van der Waals surface area contributed by atoms with Crippen LogP contribution < -0.4 is 10.2 Å². The maximum absolute atomic E-state index is 13.3. The smallest absolute Gasteiger partial charge is 0.319 e. The standard InChI is InChI=1S/C20H22FN3O2/c1-3-20(16-9-5-4-6-10-16)18(25)24(19(26)22-20)14-23(2)13-15-8-7-11-17(21)12-15/h4-12H,3,13-14H2,1-2H3,(H,22,26)/p+1/t20-/m0/s1. The molecule has 2 atom stereocenters. The van der Waals surface area contributed by atoms with E-state index in [0.29, 0.717) is 13.0 Å². The summed E-state index contributed by atoms with van der Waals surface area (Å²) in [6.07, 6.45) is 0.473. The molecule has 1 fully saturated rings. The van der Waals surface area contributed by atoms with Crippen molar-refractivity contribution in [3.63, 3.8) is 0 Å². The van der Waals surface area contributed by atoms with E-state index in [-0.39, 0.29) is 24.4 Å². The zero-order valence-corrected chi connectivity index (χ0v) is 15.0. The second kappa shape index (κ2) is 7.25. The van der Waals surface area contributed by atoms with Crippen LogP contribution in [0.2, 0.25) is 0 Å². The van der Waals surface area contributed by atoms with Gasteiger partial charge in [-0.2, -0.15) is 0 Å². The third-order valence-electron chi connectivity index (χ3n) is 4.80. The number of amides is 3. The molecule has 2 N–H and O–H groups in total. The van der Waals surface area contributed by atoms with Gasteiger partial charge in [-0.05, 0) is 24.1 Å². The van der Waals surface area contributed by atoms with Gasteiger partial charge < -0.3 is 10.2 Å². The number of nitrogens with one attached hydrogen (secondary N) is 2. The number of hydrogen-bond acceptors (Lipinski definition) is 2. The van der Waals surface area contributed by atoms with Crippen LogP contribution in [0.4, 0.5) is 9.18 Å². The second-order valence-corrected chi connectivity index (χ2v) is 6.71. The molecule has 1 unspecified atom stereocenters. The highest BCUT2D eigenvalue weighted by atomic mass is 19.1. The fourth-order valence-electron chi connectivity index (χ4n) is 3.45. The van der Waals surface area contributed by atoms with E-state index in [2.05, 4.69) is 5.32 Å². The van der Waals surface area contributed by atoms with Gasteiger partial charge in [0.15, 0.2) is 6.67 Å². The van der Waals surface area contributed by atoms with Crippen LogP contribution in [0.25, 0.3) is 0 Å². The van der Waals surface area contributed by atoms with Gasteiger partial charge in [0, 0.05) is 5.56 Å². The van der Waals surface area contributed by atoms with E-state index in [4.69, 9.17) is 0 Å². The van der Waals surface area contributed by atoms with Crippen LogP contribution in [-0.2, 0) is 16.9 Å². The number of imide groups is 1. The molecule has 5 nitrogen and oxygen atoms in total. The van der Waals surface area contributed by atoms with Crippen molar-refractivity contribution in [2.45, 2.75) is 25.4 Å². The predicted octanol–water partition coefficient (Wildman–Crippen LogP) is 1.66. The maximum Gasteiger partial charge on any atom is 0.329 e. The minimum atomic E-state index is -1.02. The summed E-state index contributed by atoms with van der Waals surface area (Å²) in [6, 6.07) is 15.3. The van der Waals surface area contributed by atoms with Gasteiger partial charge >= 0.3 is 6.03 Å². The Morgan fingerprint density at radius 3 is 2.50 bits per heavy atom. The normalized spacial score (nSPS) is 21.0. The monoisotopic (exact) mass is 356 g/mol. The summed E-state index contributed by atoms with van der Waals surface area (Å²) in [6.45, 7) is 2.62. The molecule has 6 heteroatoms. The zero-order valence-electron chi connectivity index (χ0n) is 15.0. The molecule has 1 aliphatic heterocycles. The summed E-state index contributed by atoms with van der Waals surface area (Å²) in [7, 11) is 1.87. The predicted molar refractivity (Wildman–Crippen MR) is 95.6 cm³/mol. The molecule has 136 valence electrons. The second-order valence-electron chi connectivity index (χ2n) is 6.71. The van der Waals surface area contributed by atoms with Crippen molar-refractivity contribution in [2.24, 2.45) is 0 Å². The van der Waals surface area contributed by atoms with Crippen LogP contribution in [0, 0.1) is 5.82 Å². The molecule has 0 aliphatic carbocycles. The molecule has 0 bridgehead atoms. The highest BCUT2D eigenvalue weighted by molar-refractivity contribution is 6.07. The van der Waals surface area contributed by atoms with Gasteiger partial charge in [-0.3, -0.25) is 4.79 Å². The van der Waals surface area contributed by atoms with Crippen LogP contribution in [0.1, 0.15) is 24.5 Å². The van der Waals surface area contributed by atoms with Gasteiger partial charge in [0.25, 0.3) is 5.91 Å². The lowest BCUT2D eigenvalue weighted by Crippen LogP contribution is -3.09. The van der Waals surface area contributed by atoms with Crippen LogP contribution in [-0.4, -0.2) is 30.6 Å². The Labute approximate surface area is 152 Å². The average Bonchev–Trinajstić information content (AvgIpc) is 2.87. The molecule has 3 rings (SSSR count). The first-order valence-electron chi connectivity index (χ1n) is 8.71. The van der Waals surface area contributed by atoms with Crippen molar-refractivity contribution >= 4 is 11.9 Å². The molecule has 3 amide bonds. The number of carbonyl (C=O) groups is 2. The summed E-state index contributed by atoms with van der Waals surface area (Å²) in [5.74, 6) is -0.533. The van der Waals surface area contributed by atoms with Gasteiger partial charge in [-0.15, -0.1) is 0 Å². The molecule has 0 radical (unpaired) electrons. The summed E-state index contributed by atoms with van der Waals surface area (Å²) in [5.41, 5.74) is 0.586. The summed E-state index contributed by atoms with van der Waals surface area (Å²) in [5, 5.41) is 2.88. The summed E-state index contributed by atoms with van der Waals surface area (Å²) >= 11 is 0. The van der Waals surface area contributed by atoms with Gasteiger partial charge in [-0.25, -0.2) is 14.1 Å². The molecule has 0 aromatic heterocycles. The highest BCUT2D eigenvalue weighted by Gasteiger charge is 2.52. The fourth-order valence-corrected chi connectivity index (χ4v) is 3.45. The van der Waals surface area contributed by atoms with Gasteiger partial charge in [-0.1, -0.05) is 49.4 Å². The fraction of sp³-hybridized carbons (Fsp3) is 0.300. The molecule has 0 saturated carbocycles. The van der Waals surface area contributed by atoms with Crippen LogP contribution in [0.15, 0.2) is 54.6 Å². The molecule has 1 aliphatic rings. The van der Waals surface area contributed by atoms with E-state index >= 15 is 0 Å². The Balaban J connectivity index is 1.76. The lowest BCUT2D eigenvalue weighted by atomic mass is 9.87. The highest BCUT2D eigenvalue weighted by Crippen LogP contribution is 2.31. The van der Waals surface area contributed by atoms with Crippen molar-refractivity contribution in [2.75, 3.05) is 13.7 Å². The number of rotatable bonds is 6. The number of quaternary nitrogens is 1. The van der Waals surface area contributed by atoms with Gasteiger partial charge in [0.2, 0.25) is 0 Å². The van der Waals surface area contributed by atoms with Crippen LogP contribution in [0.3, 0.4) is 0 Å². The largest absolute Gasteiger partial charge is 0.329 e. The molecule has 2 aromatic rings. The third kappa shape index (κ3) is 3.32. The van der Waals surface area contributed by atoms with E-state index in [1.165, 1.54) is 17.0 Å². The number of urea groups is 1. The van der Waals surface area contributed by atoms with Crippen molar-refractivity contribution in [1.82, 2.24) is 10.2 Å². The van der Waals surface area contributed by atoms with Gasteiger partial charge in [0.1, 0.15) is 17.9 Å². The average molecular weight is 356 g/mol. The summed E-state index contributed by atoms with van der Waals surface area (Å²) < 4.78 is 13.3. The van der Waals surface area contributed by atoms with Crippen molar-refractivity contribution in [1.29, 1.82) is 0 Å². The molecular weight excluding hydrogens is 333 g/mol. The quantitative estimate of drug-likeness (QED) is 0.774. The van der Waals surface area contributed by atoms with E-state index in [0.717, 1.165) is 16.0 Å². The Bertz CT molecular complexity index is 812. The SMILES string of the molecule is CC[C@@]1(c2ccccc2)NC(=O)N(C[NH+](C)Cc2cccc(F)c2)C1=O. The number of hydrogen-bond donors (Lipinski definition) is 2. The molecule has 26 heavy (non-hydrogen) atoms. The Hall–Kier alpha value is -2.73. The summed E-state index contributed by atoms with van der Waals surface area (Å²) in [4.78, 5) is 27.7. The first-order valence-corrected chi connectivity index (χ1v) is 8.71. The van der Waals surface area contributed by atoms with Gasteiger partial charge in [0.05, 0.1) is 7.05 Å².